The molecule has 0 radical (unpaired) electrons. The first-order valence-corrected chi connectivity index (χ1v) is 8.37. The second-order valence-corrected chi connectivity index (χ2v) is 6.80. The molecule has 0 aromatic heterocycles. The van der Waals surface area contributed by atoms with Gasteiger partial charge in [0.05, 0.1) is 0 Å². The number of amides is 3. The van der Waals surface area contributed by atoms with Gasteiger partial charge in [0, 0.05) is 30.4 Å². The average Bonchev–Trinajstić information content (AvgIpc) is 2.88. The van der Waals surface area contributed by atoms with Gasteiger partial charge in [0.1, 0.15) is 0 Å². The van der Waals surface area contributed by atoms with Crippen LogP contribution in [0.15, 0.2) is 18.2 Å². The number of nitrogens with zero attached hydrogens (tertiary/aromatic N) is 1. The number of urea groups is 1. The van der Waals surface area contributed by atoms with E-state index in [1.807, 2.05) is 36.9 Å². The maximum Gasteiger partial charge on any atom is 0.319 e. The molecule has 1 aromatic rings. The predicted octanol–water partition coefficient (Wildman–Crippen LogP) is 3.40. The van der Waals surface area contributed by atoms with E-state index in [0.717, 1.165) is 36.3 Å². The van der Waals surface area contributed by atoms with Crippen molar-refractivity contribution in [2.75, 3.05) is 23.3 Å². The lowest BCUT2D eigenvalue weighted by Gasteiger charge is -2.19. The molecule has 23 heavy (non-hydrogen) atoms. The Morgan fingerprint density at radius 2 is 1.96 bits per heavy atom. The molecule has 0 atom stereocenters. The molecule has 0 fully saturated rings. The van der Waals surface area contributed by atoms with Crippen LogP contribution in [0, 0.1) is 11.8 Å². The lowest BCUT2D eigenvalue weighted by Crippen LogP contribution is -2.32. The molecule has 1 aliphatic heterocycles. The molecule has 2 rings (SSSR count). The Morgan fingerprint density at radius 3 is 2.61 bits per heavy atom. The van der Waals surface area contributed by atoms with E-state index in [4.69, 9.17) is 0 Å². The molecule has 5 heteroatoms. The van der Waals surface area contributed by atoms with E-state index in [1.54, 1.807) is 0 Å². The molecule has 3 amide bonds. The Morgan fingerprint density at radius 1 is 1.22 bits per heavy atom. The lowest BCUT2D eigenvalue weighted by atomic mass is 10.1. The van der Waals surface area contributed by atoms with Crippen LogP contribution in [0.2, 0.25) is 0 Å². The van der Waals surface area contributed by atoms with E-state index in [-0.39, 0.29) is 17.9 Å². The molecule has 1 aromatic carbocycles. The molecular weight excluding hydrogens is 290 g/mol. The highest BCUT2D eigenvalue weighted by molar-refractivity contribution is 5.97. The summed E-state index contributed by atoms with van der Waals surface area (Å²) in [5, 5.41) is 5.72. The molecule has 0 saturated heterocycles. The van der Waals surface area contributed by atoms with Gasteiger partial charge in [0.15, 0.2) is 0 Å². The minimum Gasteiger partial charge on any atom is -0.338 e. The first-order chi connectivity index (χ1) is 10.9. The molecule has 0 spiro atoms. The molecule has 2 N–H and O–H groups in total. The number of carbonyl (C=O) groups excluding carboxylic acids is 2. The van der Waals surface area contributed by atoms with Crippen LogP contribution in [0.4, 0.5) is 16.2 Å². The summed E-state index contributed by atoms with van der Waals surface area (Å²) >= 11 is 0. The Bertz CT molecular complexity index is 582. The summed E-state index contributed by atoms with van der Waals surface area (Å²) in [7, 11) is 0. The number of benzene rings is 1. The van der Waals surface area contributed by atoms with Crippen molar-refractivity contribution in [1.29, 1.82) is 0 Å². The monoisotopic (exact) mass is 317 g/mol. The van der Waals surface area contributed by atoms with Gasteiger partial charge in [0.25, 0.3) is 0 Å². The maximum atomic E-state index is 12.2. The number of fused-ring (bicyclic) bond motifs is 1. The van der Waals surface area contributed by atoms with Crippen LogP contribution in [0.1, 0.15) is 39.7 Å². The van der Waals surface area contributed by atoms with Gasteiger partial charge in [-0.25, -0.2) is 4.79 Å². The highest BCUT2D eigenvalue weighted by Gasteiger charge is 2.26. The highest BCUT2D eigenvalue weighted by atomic mass is 16.2. The van der Waals surface area contributed by atoms with Gasteiger partial charge in [-0.3, -0.25) is 4.79 Å². The topological polar surface area (TPSA) is 61.4 Å². The van der Waals surface area contributed by atoms with Gasteiger partial charge >= 0.3 is 6.03 Å². The van der Waals surface area contributed by atoms with E-state index >= 15 is 0 Å². The quantitative estimate of drug-likeness (QED) is 0.874. The molecule has 1 aliphatic rings. The van der Waals surface area contributed by atoms with Crippen LogP contribution in [0.5, 0.6) is 0 Å². The van der Waals surface area contributed by atoms with E-state index in [1.165, 1.54) is 0 Å². The van der Waals surface area contributed by atoms with Gasteiger partial charge in [-0.1, -0.05) is 27.7 Å². The number of rotatable bonds is 5. The molecule has 126 valence electrons. The van der Waals surface area contributed by atoms with Crippen molar-refractivity contribution in [3.63, 3.8) is 0 Å². The molecule has 0 bridgehead atoms. The van der Waals surface area contributed by atoms with Crippen molar-refractivity contribution in [2.45, 2.75) is 40.5 Å². The van der Waals surface area contributed by atoms with Crippen LogP contribution in [-0.4, -0.2) is 25.0 Å². The molecule has 1 heterocycles. The third-order valence-corrected chi connectivity index (χ3v) is 4.00. The largest absolute Gasteiger partial charge is 0.338 e. The van der Waals surface area contributed by atoms with Crippen LogP contribution in [-0.2, 0) is 11.2 Å². The molecule has 0 saturated carbocycles. The van der Waals surface area contributed by atoms with Gasteiger partial charge in [-0.2, -0.15) is 0 Å². The zero-order valence-electron chi connectivity index (χ0n) is 14.5. The normalized spacial score (nSPS) is 13.4. The van der Waals surface area contributed by atoms with Crippen molar-refractivity contribution in [2.24, 2.45) is 11.8 Å². The number of hydrogen-bond acceptors (Lipinski definition) is 2. The van der Waals surface area contributed by atoms with Gasteiger partial charge in [-0.05, 0) is 42.5 Å². The van der Waals surface area contributed by atoms with Crippen LogP contribution in [0.3, 0.4) is 0 Å². The Labute approximate surface area is 138 Å². The maximum absolute atomic E-state index is 12.2. The summed E-state index contributed by atoms with van der Waals surface area (Å²) in [6.45, 7) is 9.48. The number of hydrogen-bond donors (Lipinski definition) is 2. The summed E-state index contributed by atoms with van der Waals surface area (Å²) in [6.07, 6.45) is 1.79. The first kappa shape index (κ1) is 17.3. The fourth-order valence-electron chi connectivity index (χ4n) is 2.67. The van der Waals surface area contributed by atoms with Crippen molar-refractivity contribution in [3.05, 3.63) is 23.8 Å². The van der Waals surface area contributed by atoms with Gasteiger partial charge in [-0.15, -0.1) is 0 Å². The summed E-state index contributed by atoms with van der Waals surface area (Å²) in [5.74, 6) is 0.709. The van der Waals surface area contributed by atoms with Crippen molar-refractivity contribution >= 4 is 23.3 Å². The van der Waals surface area contributed by atoms with Gasteiger partial charge < -0.3 is 15.5 Å². The average molecular weight is 317 g/mol. The van der Waals surface area contributed by atoms with E-state index in [0.29, 0.717) is 12.5 Å². The molecule has 0 unspecified atom stereocenters. The Hall–Kier alpha value is -2.04. The fourth-order valence-corrected chi connectivity index (χ4v) is 2.67. The van der Waals surface area contributed by atoms with E-state index in [2.05, 4.69) is 24.5 Å². The van der Waals surface area contributed by atoms with E-state index < -0.39 is 0 Å². The number of anilines is 2. The zero-order chi connectivity index (χ0) is 17.0. The minimum absolute atomic E-state index is 0.00881. The van der Waals surface area contributed by atoms with Gasteiger partial charge in [0.2, 0.25) is 5.91 Å². The Balaban J connectivity index is 1.97. The lowest BCUT2D eigenvalue weighted by molar-refractivity contribution is -0.121. The van der Waals surface area contributed by atoms with Crippen LogP contribution < -0.4 is 15.5 Å². The summed E-state index contributed by atoms with van der Waals surface area (Å²) in [5.41, 5.74) is 2.85. The summed E-state index contributed by atoms with van der Waals surface area (Å²) in [6, 6.07) is 5.56. The third kappa shape index (κ3) is 4.47. The van der Waals surface area contributed by atoms with Crippen molar-refractivity contribution < 1.29 is 9.59 Å². The first-order valence-electron chi connectivity index (χ1n) is 8.37. The fraction of sp³-hybridized carbons (Fsp3) is 0.556. The molecular formula is C18H27N3O2. The standard InChI is InChI=1S/C18H27N3O2/c1-12(2)7-9-19-18(23)20-15-5-6-16-14(11-15)8-10-21(16)17(22)13(3)4/h5-6,11-13H,7-10H2,1-4H3,(H2,19,20,23). The smallest absolute Gasteiger partial charge is 0.319 e. The molecule has 0 aliphatic carbocycles. The second-order valence-electron chi connectivity index (χ2n) is 6.80. The zero-order valence-corrected chi connectivity index (χ0v) is 14.5. The third-order valence-electron chi connectivity index (χ3n) is 4.00. The molecule has 5 nitrogen and oxygen atoms in total. The number of nitrogens with one attached hydrogen (secondary N) is 2. The van der Waals surface area contributed by atoms with Crippen LogP contribution >= 0.6 is 0 Å². The summed E-state index contributed by atoms with van der Waals surface area (Å²) < 4.78 is 0. The van der Waals surface area contributed by atoms with Crippen molar-refractivity contribution in [3.8, 4) is 0 Å². The summed E-state index contributed by atoms with van der Waals surface area (Å²) in [4.78, 5) is 25.9. The predicted molar refractivity (Wildman–Crippen MR) is 93.8 cm³/mol. The SMILES string of the molecule is CC(C)CCNC(=O)Nc1ccc2c(c1)CCN2C(=O)C(C)C. The van der Waals surface area contributed by atoms with E-state index in [9.17, 15) is 9.59 Å². The van der Waals surface area contributed by atoms with Crippen LogP contribution in [0.25, 0.3) is 0 Å². The Kier molecular flexibility index (Phi) is 5.64. The minimum atomic E-state index is -0.182. The van der Waals surface area contributed by atoms with Crippen molar-refractivity contribution in [1.82, 2.24) is 5.32 Å². The highest BCUT2D eigenvalue weighted by Crippen LogP contribution is 2.31. The second kappa shape index (κ2) is 7.49. The number of carbonyl (C=O) groups is 2.